The van der Waals surface area contributed by atoms with Gasteiger partial charge in [0.1, 0.15) is 5.78 Å². The molecule has 0 atom stereocenters. The maximum Gasteiger partial charge on any atom is 0.389 e. The van der Waals surface area contributed by atoms with Crippen LogP contribution in [0.15, 0.2) is 0 Å². The Kier molecular flexibility index (Phi) is 3.58. The fourth-order valence-corrected chi connectivity index (χ4v) is 0.458. The minimum Gasteiger partial charge on any atom is -0.299 e. The first-order chi connectivity index (χ1) is 4.95. The molecule has 0 heterocycles. The van der Waals surface area contributed by atoms with Gasteiger partial charge in [-0.25, -0.2) is 0 Å². The number of alkyl halides is 3. The lowest BCUT2D eigenvalue weighted by Crippen LogP contribution is -2.10. The third-order valence-corrected chi connectivity index (χ3v) is 0.964. The Labute approximate surface area is 61.6 Å². The number of nitriles is 1. The predicted molar refractivity (Wildman–Crippen MR) is 30.5 cm³/mol. The zero-order valence-corrected chi connectivity index (χ0v) is 5.61. The summed E-state index contributed by atoms with van der Waals surface area (Å²) < 4.78 is 34.3. The molecule has 0 aromatic heterocycles. The van der Waals surface area contributed by atoms with Gasteiger partial charge in [-0.1, -0.05) is 0 Å². The molecule has 0 bridgehead atoms. The largest absolute Gasteiger partial charge is 0.389 e. The fourth-order valence-electron chi connectivity index (χ4n) is 0.458. The zero-order chi connectivity index (χ0) is 8.91. The van der Waals surface area contributed by atoms with E-state index in [4.69, 9.17) is 5.26 Å². The summed E-state index contributed by atoms with van der Waals surface area (Å²) in [5.74, 6) is -0.662. The van der Waals surface area contributed by atoms with Crippen molar-refractivity contribution in [2.75, 3.05) is 0 Å². The first-order valence-corrected chi connectivity index (χ1v) is 2.91. The molecule has 0 N–H and O–H groups in total. The van der Waals surface area contributed by atoms with E-state index in [0.29, 0.717) is 0 Å². The van der Waals surface area contributed by atoms with E-state index in [1.54, 1.807) is 0 Å². The highest BCUT2D eigenvalue weighted by molar-refractivity contribution is 5.80. The zero-order valence-electron chi connectivity index (χ0n) is 5.61. The molecule has 62 valence electrons. The summed E-state index contributed by atoms with van der Waals surface area (Å²) in [6.07, 6.45) is -6.45. The standard InChI is InChI=1S/C6H6F3NO/c7-6(8,9)3-1-5(11)2-4-10/h1-3H2. The highest BCUT2D eigenvalue weighted by Gasteiger charge is 2.27. The van der Waals surface area contributed by atoms with Crippen molar-refractivity contribution >= 4 is 5.78 Å². The van der Waals surface area contributed by atoms with E-state index in [1.165, 1.54) is 6.07 Å². The number of Topliss-reactive ketones (excluding diaryl/α,β-unsaturated/α-hetero) is 1. The molecule has 0 spiro atoms. The molecule has 0 unspecified atom stereocenters. The Morgan fingerprint density at radius 1 is 1.45 bits per heavy atom. The van der Waals surface area contributed by atoms with Crippen LogP contribution in [0, 0.1) is 11.3 Å². The van der Waals surface area contributed by atoms with E-state index in [9.17, 15) is 18.0 Å². The number of rotatable bonds is 3. The van der Waals surface area contributed by atoms with Crippen LogP contribution in [0.2, 0.25) is 0 Å². The van der Waals surface area contributed by atoms with Crippen LogP contribution in [0.4, 0.5) is 13.2 Å². The highest BCUT2D eigenvalue weighted by atomic mass is 19.4. The Morgan fingerprint density at radius 2 is 2.00 bits per heavy atom. The van der Waals surface area contributed by atoms with E-state index in [2.05, 4.69) is 0 Å². The van der Waals surface area contributed by atoms with Gasteiger partial charge in [-0.2, -0.15) is 18.4 Å². The molecule has 0 saturated carbocycles. The van der Waals surface area contributed by atoms with Crippen LogP contribution in [0.25, 0.3) is 0 Å². The minimum absolute atomic E-state index is 0.434. The van der Waals surface area contributed by atoms with Crippen molar-refractivity contribution in [3.63, 3.8) is 0 Å². The van der Waals surface area contributed by atoms with Crippen molar-refractivity contribution < 1.29 is 18.0 Å². The fraction of sp³-hybridized carbons (Fsp3) is 0.667. The lowest BCUT2D eigenvalue weighted by molar-refractivity contribution is -0.142. The molecule has 0 radical (unpaired) electrons. The molecular weight excluding hydrogens is 159 g/mol. The molecule has 0 amide bonds. The van der Waals surface area contributed by atoms with Crippen LogP contribution in [0.1, 0.15) is 19.3 Å². The lowest BCUT2D eigenvalue weighted by atomic mass is 10.2. The van der Waals surface area contributed by atoms with E-state index in [0.717, 1.165) is 0 Å². The molecule has 5 heteroatoms. The van der Waals surface area contributed by atoms with E-state index in [1.807, 2.05) is 0 Å². The van der Waals surface area contributed by atoms with Gasteiger partial charge in [-0.15, -0.1) is 0 Å². The third-order valence-electron chi connectivity index (χ3n) is 0.964. The highest BCUT2D eigenvalue weighted by Crippen LogP contribution is 2.21. The van der Waals surface area contributed by atoms with Crippen molar-refractivity contribution in [3.8, 4) is 6.07 Å². The number of ketones is 1. The summed E-state index contributed by atoms with van der Waals surface area (Å²) in [6.45, 7) is 0. The number of carbonyl (C=O) groups excluding carboxylic acids is 1. The first-order valence-electron chi connectivity index (χ1n) is 2.91. The van der Waals surface area contributed by atoms with Crippen LogP contribution in [0.3, 0.4) is 0 Å². The average molecular weight is 165 g/mol. The molecule has 0 rings (SSSR count). The summed E-state index contributed by atoms with van der Waals surface area (Å²) in [4.78, 5) is 10.4. The van der Waals surface area contributed by atoms with Crippen LogP contribution in [-0.2, 0) is 4.79 Å². The topological polar surface area (TPSA) is 40.9 Å². The Balaban J connectivity index is 3.57. The second kappa shape index (κ2) is 3.96. The first kappa shape index (κ1) is 9.95. The van der Waals surface area contributed by atoms with Crippen LogP contribution in [-0.4, -0.2) is 12.0 Å². The molecule has 2 nitrogen and oxygen atoms in total. The average Bonchev–Trinajstić information content (AvgIpc) is 1.83. The van der Waals surface area contributed by atoms with Gasteiger partial charge < -0.3 is 0 Å². The minimum atomic E-state index is -4.30. The lowest BCUT2D eigenvalue weighted by Gasteiger charge is -2.02. The van der Waals surface area contributed by atoms with Gasteiger partial charge in [-0.05, 0) is 0 Å². The summed E-state index contributed by atoms with van der Waals surface area (Å²) in [5.41, 5.74) is 0. The molecular formula is C6H6F3NO. The molecule has 11 heavy (non-hydrogen) atoms. The number of carbonyl (C=O) groups is 1. The van der Waals surface area contributed by atoms with Gasteiger partial charge in [0.25, 0.3) is 0 Å². The van der Waals surface area contributed by atoms with Crippen molar-refractivity contribution in [1.82, 2.24) is 0 Å². The molecule has 0 saturated heterocycles. The molecule has 0 aliphatic carbocycles. The SMILES string of the molecule is N#CCC(=O)CCC(F)(F)F. The van der Waals surface area contributed by atoms with Gasteiger partial charge in [0.15, 0.2) is 0 Å². The second-order valence-electron chi connectivity index (χ2n) is 1.99. The monoisotopic (exact) mass is 165 g/mol. The summed E-state index contributed by atoms with van der Waals surface area (Å²) in [6, 6.07) is 1.49. The predicted octanol–water partition coefficient (Wildman–Crippen LogP) is 1.81. The second-order valence-corrected chi connectivity index (χ2v) is 1.99. The number of hydrogen-bond acceptors (Lipinski definition) is 2. The van der Waals surface area contributed by atoms with Gasteiger partial charge in [0.2, 0.25) is 0 Å². The molecule has 0 aliphatic rings. The van der Waals surface area contributed by atoms with Gasteiger partial charge in [0.05, 0.1) is 18.9 Å². The number of halogens is 3. The van der Waals surface area contributed by atoms with E-state index >= 15 is 0 Å². The van der Waals surface area contributed by atoms with E-state index in [-0.39, 0.29) is 0 Å². The van der Waals surface area contributed by atoms with Gasteiger partial charge in [-0.3, -0.25) is 4.79 Å². The number of nitrogens with zero attached hydrogens (tertiary/aromatic N) is 1. The van der Waals surface area contributed by atoms with Crippen LogP contribution >= 0.6 is 0 Å². The van der Waals surface area contributed by atoms with Crippen molar-refractivity contribution in [2.24, 2.45) is 0 Å². The van der Waals surface area contributed by atoms with Gasteiger partial charge >= 0.3 is 6.18 Å². The normalized spacial score (nSPS) is 10.7. The molecule has 0 aromatic carbocycles. The Hall–Kier alpha value is -1.05. The number of hydrogen-bond donors (Lipinski definition) is 0. The maximum absolute atomic E-state index is 11.4. The van der Waals surface area contributed by atoms with Crippen molar-refractivity contribution in [2.45, 2.75) is 25.4 Å². The quantitative estimate of drug-likeness (QED) is 0.639. The van der Waals surface area contributed by atoms with Crippen LogP contribution in [0.5, 0.6) is 0 Å². The smallest absolute Gasteiger partial charge is 0.299 e. The Bertz CT molecular complexity index is 179. The summed E-state index contributed by atoms with van der Waals surface area (Å²) in [5, 5.41) is 7.91. The Morgan fingerprint density at radius 3 is 2.36 bits per heavy atom. The van der Waals surface area contributed by atoms with Crippen molar-refractivity contribution in [3.05, 3.63) is 0 Å². The third kappa shape index (κ3) is 6.84. The van der Waals surface area contributed by atoms with Gasteiger partial charge in [0, 0.05) is 6.42 Å². The summed E-state index contributed by atoms with van der Waals surface area (Å²) in [7, 11) is 0. The maximum atomic E-state index is 11.4. The summed E-state index contributed by atoms with van der Waals surface area (Å²) >= 11 is 0. The molecule has 0 aromatic rings. The van der Waals surface area contributed by atoms with Crippen molar-refractivity contribution in [1.29, 1.82) is 5.26 Å². The van der Waals surface area contributed by atoms with E-state index < -0.39 is 31.2 Å². The molecule has 0 fully saturated rings. The van der Waals surface area contributed by atoms with Crippen LogP contribution < -0.4 is 0 Å². The molecule has 0 aliphatic heterocycles.